The standard InChI is InChI=1S/C22H16BrN3O6S/c1-11(27)31-16-7-5-4-6-14(16)20-24-22-26(25-20)21(29)18(33-22)10-13-8-15(23)19(32-12(2)28)17(9-13)30-3/h4-10H,1-3H3. The van der Waals surface area contributed by atoms with Gasteiger partial charge in [0.25, 0.3) is 5.56 Å². The van der Waals surface area contributed by atoms with Crippen LogP contribution in [0.15, 0.2) is 45.7 Å². The van der Waals surface area contributed by atoms with Gasteiger partial charge < -0.3 is 14.2 Å². The number of carbonyl (C=O) groups is 2. The number of methoxy groups -OCH3 is 1. The van der Waals surface area contributed by atoms with Crippen LogP contribution in [-0.2, 0) is 9.59 Å². The van der Waals surface area contributed by atoms with Crippen molar-refractivity contribution < 1.29 is 23.8 Å². The minimum atomic E-state index is -0.482. The lowest BCUT2D eigenvalue weighted by Crippen LogP contribution is -2.23. The predicted octanol–water partition coefficient (Wildman–Crippen LogP) is 2.99. The Morgan fingerprint density at radius 2 is 1.82 bits per heavy atom. The molecule has 0 amide bonds. The number of esters is 2. The van der Waals surface area contributed by atoms with Crippen LogP contribution in [0.4, 0.5) is 0 Å². The first-order chi connectivity index (χ1) is 15.8. The van der Waals surface area contributed by atoms with E-state index in [1.807, 2.05) is 0 Å². The predicted molar refractivity (Wildman–Crippen MR) is 125 cm³/mol. The first kappa shape index (κ1) is 22.6. The molecule has 0 fully saturated rings. The van der Waals surface area contributed by atoms with Gasteiger partial charge >= 0.3 is 11.9 Å². The summed E-state index contributed by atoms with van der Waals surface area (Å²) in [7, 11) is 1.45. The third-order valence-electron chi connectivity index (χ3n) is 4.36. The molecule has 168 valence electrons. The third kappa shape index (κ3) is 4.64. The summed E-state index contributed by atoms with van der Waals surface area (Å²) in [4.78, 5) is 40.5. The summed E-state index contributed by atoms with van der Waals surface area (Å²) in [6, 6.07) is 10.2. The Bertz CT molecular complexity index is 1510. The molecule has 0 aliphatic carbocycles. The Balaban J connectivity index is 1.76. The van der Waals surface area contributed by atoms with Crippen molar-refractivity contribution in [1.82, 2.24) is 14.6 Å². The lowest BCUT2D eigenvalue weighted by atomic mass is 10.2. The van der Waals surface area contributed by atoms with Crippen molar-refractivity contribution in [3.63, 3.8) is 0 Å². The zero-order valence-electron chi connectivity index (χ0n) is 17.6. The number of benzene rings is 2. The fraction of sp³-hybridized carbons (Fsp3) is 0.136. The average molecular weight is 530 g/mol. The minimum Gasteiger partial charge on any atom is -0.493 e. The number of thiazole rings is 1. The van der Waals surface area contributed by atoms with Crippen molar-refractivity contribution in [2.45, 2.75) is 13.8 Å². The molecule has 4 rings (SSSR count). The molecule has 0 unspecified atom stereocenters. The summed E-state index contributed by atoms with van der Waals surface area (Å²) in [5.41, 5.74) is 0.804. The third-order valence-corrected chi connectivity index (χ3v) is 5.91. The zero-order chi connectivity index (χ0) is 23.7. The van der Waals surface area contributed by atoms with Gasteiger partial charge in [-0.3, -0.25) is 14.4 Å². The maximum absolute atomic E-state index is 12.9. The van der Waals surface area contributed by atoms with Gasteiger partial charge in [-0.15, -0.1) is 5.10 Å². The van der Waals surface area contributed by atoms with Crippen molar-refractivity contribution in [2.75, 3.05) is 7.11 Å². The molecule has 2 heterocycles. The molecule has 0 N–H and O–H groups in total. The summed E-state index contributed by atoms with van der Waals surface area (Å²) in [6.07, 6.45) is 1.67. The van der Waals surface area contributed by atoms with E-state index in [-0.39, 0.29) is 17.1 Å². The topological polar surface area (TPSA) is 109 Å². The summed E-state index contributed by atoms with van der Waals surface area (Å²) < 4.78 is 17.8. The van der Waals surface area contributed by atoms with Crippen molar-refractivity contribution in [2.24, 2.45) is 0 Å². The van der Waals surface area contributed by atoms with Gasteiger partial charge in [0.1, 0.15) is 5.75 Å². The van der Waals surface area contributed by atoms with E-state index in [1.54, 1.807) is 42.5 Å². The van der Waals surface area contributed by atoms with Crippen LogP contribution >= 0.6 is 27.3 Å². The monoisotopic (exact) mass is 529 g/mol. The highest BCUT2D eigenvalue weighted by Gasteiger charge is 2.17. The van der Waals surface area contributed by atoms with Crippen molar-refractivity contribution in [3.05, 3.63) is 61.3 Å². The number of rotatable bonds is 5. The van der Waals surface area contributed by atoms with E-state index in [1.165, 1.54) is 25.5 Å². The molecular formula is C22H16BrN3O6S. The van der Waals surface area contributed by atoms with Gasteiger partial charge in [0.15, 0.2) is 17.3 Å². The largest absolute Gasteiger partial charge is 0.493 e. The van der Waals surface area contributed by atoms with E-state index in [4.69, 9.17) is 14.2 Å². The highest BCUT2D eigenvalue weighted by atomic mass is 79.9. The van der Waals surface area contributed by atoms with Gasteiger partial charge in [0.05, 0.1) is 21.7 Å². The van der Waals surface area contributed by atoms with Gasteiger partial charge in [-0.1, -0.05) is 23.5 Å². The summed E-state index contributed by atoms with van der Waals surface area (Å²) in [5.74, 6) is 0.227. The molecular weight excluding hydrogens is 514 g/mol. The molecule has 2 aromatic carbocycles. The second-order valence-corrected chi connectivity index (χ2v) is 8.63. The molecule has 0 aliphatic heterocycles. The lowest BCUT2D eigenvalue weighted by molar-refractivity contribution is -0.132. The molecule has 2 aromatic heterocycles. The van der Waals surface area contributed by atoms with E-state index in [9.17, 15) is 14.4 Å². The van der Waals surface area contributed by atoms with Crippen LogP contribution in [0, 0.1) is 0 Å². The molecule has 4 aromatic rings. The van der Waals surface area contributed by atoms with Crippen LogP contribution in [0.2, 0.25) is 0 Å². The summed E-state index contributed by atoms with van der Waals surface area (Å²) in [5, 5.41) is 4.31. The Hall–Kier alpha value is -3.57. The maximum Gasteiger partial charge on any atom is 0.308 e. The molecule has 0 spiro atoms. The number of hydrogen-bond acceptors (Lipinski definition) is 9. The number of halogens is 1. The first-order valence-corrected chi connectivity index (χ1v) is 11.1. The lowest BCUT2D eigenvalue weighted by Gasteiger charge is -2.10. The quantitative estimate of drug-likeness (QED) is 0.286. The van der Waals surface area contributed by atoms with Gasteiger partial charge in [-0.05, 0) is 51.8 Å². The molecule has 0 radical (unpaired) electrons. The molecule has 0 aliphatic rings. The van der Waals surface area contributed by atoms with Crippen LogP contribution in [-0.4, -0.2) is 33.6 Å². The fourth-order valence-corrected chi connectivity index (χ4v) is 4.51. The zero-order valence-corrected chi connectivity index (χ0v) is 20.0. The number of fused-ring (bicyclic) bond motifs is 1. The number of ether oxygens (including phenoxy) is 3. The Labute approximate surface area is 199 Å². The average Bonchev–Trinajstić information content (AvgIpc) is 3.29. The highest BCUT2D eigenvalue weighted by molar-refractivity contribution is 9.10. The molecule has 9 nitrogen and oxygen atoms in total. The van der Waals surface area contributed by atoms with Crippen LogP contribution < -0.4 is 24.3 Å². The second-order valence-electron chi connectivity index (χ2n) is 6.76. The number of nitrogens with zero attached hydrogens (tertiary/aromatic N) is 3. The van der Waals surface area contributed by atoms with Crippen LogP contribution in [0.1, 0.15) is 19.4 Å². The second kappa shape index (κ2) is 9.12. The summed E-state index contributed by atoms with van der Waals surface area (Å²) in [6.45, 7) is 2.60. The molecule has 11 heteroatoms. The molecule has 0 saturated heterocycles. The fourth-order valence-electron chi connectivity index (χ4n) is 3.06. The van der Waals surface area contributed by atoms with E-state index < -0.39 is 11.9 Å². The normalized spacial score (nSPS) is 11.6. The van der Waals surface area contributed by atoms with Gasteiger partial charge in [0, 0.05) is 13.8 Å². The van der Waals surface area contributed by atoms with E-state index in [0.29, 0.717) is 36.6 Å². The minimum absolute atomic E-state index is 0.253. The molecule has 0 saturated carbocycles. The van der Waals surface area contributed by atoms with Crippen LogP contribution in [0.3, 0.4) is 0 Å². The van der Waals surface area contributed by atoms with Gasteiger partial charge in [0.2, 0.25) is 4.96 Å². The molecule has 33 heavy (non-hydrogen) atoms. The van der Waals surface area contributed by atoms with Crippen molar-refractivity contribution in [1.29, 1.82) is 0 Å². The Kier molecular flexibility index (Phi) is 6.25. The van der Waals surface area contributed by atoms with Crippen LogP contribution in [0.5, 0.6) is 17.2 Å². The first-order valence-electron chi connectivity index (χ1n) is 9.52. The van der Waals surface area contributed by atoms with Crippen LogP contribution in [0.25, 0.3) is 22.4 Å². The van der Waals surface area contributed by atoms with Gasteiger partial charge in [-0.2, -0.15) is 9.50 Å². The van der Waals surface area contributed by atoms with E-state index in [2.05, 4.69) is 26.0 Å². The van der Waals surface area contributed by atoms with Crippen molar-refractivity contribution >= 4 is 50.2 Å². The number of aromatic nitrogens is 3. The Morgan fingerprint density at radius 3 is 2.48 bits per heavy atom. The smallest absolute Gasteiger partial charge is 0.308 e. The molecule has 0 atom stereocenters. The van der Waals surface area contributed by atoms with Gasteiger partial charge in [-0.25, -0.2) is 0 Å². The Morgan fingerprint density at radius 1 is 1.09 bits per heavy atom. The van der Waals surface area contributed by atoms with E-state index >= 15 is 0 Å². The number of carbonyl (C=O) groups excluding carboxylic acids is 2. The summed E-state index contributed by atoms with van der Waals surface area (Å²) >= 11 is 4.53. The molecule has 0 bridgehead atoms. The number of para-hydroxylation sites is 1. The maximum atomic E-state index is 12.9. The number of hydrogen-bond donors (Lipinski definition) is 0. The van der Waals surface area contributed by atoms with E-state index in [0.717, 1.165) is 11.3 Å². The van der Waals surface area contributed by atoms with Crippen molar-refractivity contribution in [3.8, 4) is 28.6 Å². The highest BCUT2D eigenvalue weighted by Crippen LogP contribution is 2.37. The SMILES string of the molecule is COc1cc(C=c2sc3nc(-c4ccccc4OC(C)=O)nn3c2=O)cc(Br)c1OC(C)=O.